The largest absolute Gasteiger partial charge is 0.378 e. The zero-order chi connectivity index (χ0) is 14.9. The van der Waals surface area contributed by atoms with E-state index in [4.69, 9.17) is 10.5 Å². The standard InChI is InChI=1S/C16H24N2O2S/c17-9-4-12-20-14-7-10-18(11-8-14)16(19)13-21-15-5-2-1-3-6-15/h1-3,5-6,14H,4,7-13,17H2. The number of hydrogen-bond acceptors (Lipinski definition) is 4. The minimum absolute atomic E-state index is 0.226. The van der Waals surface area contributed by atoms with Crippen LogP contribution in [0.25, 0.3) is 0 Å². The number of piperidine rings is 1. The van der Waals surface area contributed by atoms with Gasteiger partial charge < -0.3 is 15.4 Å². The Hall–Kier alpha value is -1.04. The average Bonchev–Trinajstić information content (AvgIpc) is 2.54. The summed E-state index contributed by atoms with van der Waals surface area (Å²) in [7, 11) is 0. The summed E-state index contributed by atoms with van der Waals surface area (Å²) in [5.74, 6) is 0.743. The lowest BCUT2D eigenvalue weighted by Crippen LogP contribution is -2.41. The summed E-state index contributed by atoms with van der Waals surface area (Å²) in [6, 6.07) is 10.1. The topological polar surface area (TPSA) is 55.6 Å². The first-order chi connectivity index (χ1) is 10.3. The molecule has 2 N–H and O–H groups in total. The summed E-state index contributed by atoms with van der Waals surface area (Å²) in [4.78, 5) is 15.3. The van der Waals surface area contributed by atoms with Gasteiger partial charge in [-0.05, 0) is 37.9 Å². The third-order valence-corrected chi connectivity index (χ3v) is 4.60. The Morgan fingerprint density at radius 1 is 1.29 bits per heavy atom. The molecule has 0 spiro atoms. The highest BCUT2D eigenvalue weighted by molar-refractivity contribution is 8.00. The summed E-state index contributed by atoms with van der Waals surface area (Å²) in [6.07, 6.45) is 3.08. The molecule has 1 aromatic carbocycles. The third kappa shape index (κ3) is 5.69. The van der Waals surface area contributed by atoms with E-state index in [-0.39, 0.29) is 5.91 Å². The summed E-state index contributed by atoms with van der Waals surface area (Å²) >= 11 is 1.60. The highest BCUT2D eigenvalue weighted by Crippen LogP contribution is 2.19. The van der Waals surface area contributed by atoms with Crippen molar-refractivity contribution in [3.8, 4) is 0 Å². The zero-order valence-corrected chi connectivity index (χ0v) is 13.2. The monoisotopic (exact) mass is 308 g/mol. The van der Waals surface area contributed by atoms with Gasteiger partial charge in [-0.1, -0.05) is 18.2 Å². The fraction of sp³-hybridized carbons (Fsp3) is 0.562. The molecule has 0 saturated carbocycles. The van der Waals surface area contributed by atoms with Gasteiger partial charge in [0.25, 0.3) is 0 Å². The number of likely N-dealkylation sites (tertiary alicyclic amines) is 1. The first-order valence-corrected chi connectivity index (χ1v) is 8.55. The number of benzene rings is 1. The molecule has 1 aliphatic heterocycles. The maximum atomic E-state index is 12.2. The first-order valence-electron chi connectivity index (χ1n) is 7.57. The van der Waals surface area contributed by atoms with E-state index in [9.17, 15) is 4.79 Å². The minimum Gasteiger partial charge on any atom is -0.378 e. The van der Waals surface area contributed by atoms with Gasteiger partial charge in [0.05, 0.1) is 11.9 Å². The van der Waals surface area contributed by atoms with E-state index in [2.05, 4.69) is 0 Å². The second-order valence-electron chi connectivity index (χ2n) is 5.19. The van der Waals surface area contributed by atoms with Crippen LogP contribution in [0.1, 0.15) is 19.3 Å². The molecule has 2 rings (SSSR count). The van der Waals surface area contributed by atoms with Gasteiger partial charge in [-0.2, -0.15) is 0 Å². The van der Waals surface area contributed by atoms with Crippen LogP contribution < -0.4 is 5.73 Å². The van der Waals surface area contributed by atoms with Gasteiger partial charge in [0.1, 0.15) is 0 Å². The minimum atomic E-state index is 0.226. The fourth-order valence-corrected chi connectivity index (χ4v) is 3.18. The second-order valence-corrected chi connectivity index (χ2v) is 6.24. The van der Waals surface area contributed by atoms with E-state index < -0.39 is 0 Å². The number of hydrogen-bond donors (Lipinski definition) is 1. The zero-order valence-electron chi connectivity index (χ0n) is 12.4. The van der Waals surface area contributed by atoms with Crippen molar-refractivity contribution >= 4 is 17.7 Å². The van der Waals surface area contributed by atoms with Crippen LogP contribution in [-0.4, -0.2) is 48.9 Å². The van der Waals surface area contributed by atoms with Gasteiger partial charge in [0.2, 0.25) is 5.91 Å². The molecule has 21 heavy (non-hydrogen) atoms. The molecule has 0 atom stereocenters. The van der Waals surface area contributed by atoms with Crippen LogP contribution in [0.15, 0.2) is 35.2 Å². The Kier molecular flexibility index (Phi) is 7.06. The molecule has 0 aliphatic carbocycles. The van der Waals surface area contributed by atoms with Crippen molar-refractivity contribution in [1.29, 1.82) is 0 Å². The van der Waals surface area contributed by atoms with Crippen molar-refractivity contribution in [3.63, 3.8) is 0 Å². The van der Waals surface area contributed by atoms with Crippen LogP contribution in [0.5, 0.6) is 0 Å². The van der Waals surface area contributed by atoms with E-state index in [1.165, 1.54) is 0 Å². The van der Waals surface area contributed by atoms with Crippen molar-refractivity contribution in [2.45, 2.75) is 30.3 Å². The highest BCUT2D eigenvalue weighted by atomic mass is 32.2. The van der Waals surface area contributed by atoms with Crippen molar-refractivity contribution in [3.05, 3.63) is 30.3 Å². The molecule has 1 heterocycles. The van der Waals surface area contributed by atoms with Gasteiger partial charge in [0, 0.05) is 24.6 Å². The molecular formula is C16H24N2O2S. The lowest BCUT2D eigenvalue weighted by atomic mass is 10.1. The SMILES string of the molecule is NCCCOC1CCN(C(=O)CSc2ccccc2)CC1. The van der Waals surface area contributed by atoms with Crippen molar-refractivity contribution in [2.24, 2.45) is 5.73 Å². The molecular weight excluding hydrogens is 284 g/mol. The Morgan fingerprint density at radius 3 is 2.67 bits per heavy atom. The summed E-state index contributed by atoms with van der Waals surface area (Å²) in [5.41, 5.74) is 5.45. The number of rotatable bonds is 7. The maximum absolute atomic E-state index is 12.2. The molecule has 4 nitrogen and oxygen atoms in total. The van der Waals surface area contributed by atoms with Crippen molar-refractivity contribution in [1.82, 2.24) is 4.90 Å². The molecule has 5 heteroatoms. The fourth-order valence-electron chi connectivity index (χ4n) is 2.36. The normalized spacial score (nSPS) is 16.1. The van der Waals surface area contributed by atoms with Crippen LogP contribution in [0, 0.1) is 0 Å². The maximum Gasteiger partial charge on any atom is 0.232 e. The number of nitrogens with two attached hydrogens (primary N) is 1. The van der Waals surface area contributed by atoms with Gasteiger partial charge in [0.15, 0.2) is 0 Å². The van der Waals surface area contributed by atoms with E-state index in [1.54, 1.807) is 11.8 Å². The van der Waals surface area contributed by atoms with Crippen LogP contribution in [-0.2, 0) is 9.53 Å². The van der Waals surface area contributed by atoms with E-state index >= 15 is 0 Å². The van der Waals surface area contributed by atoms with E-state index in [0.29, 0.717) is 18.4 Å². The lowest BCUT2D eigenvalue weighted by Gasteiger charge is -2.32. The third-order valence-electron chi connectivity index (χ3n) is 3.60. The first kappa shape index (κ1) is 16.3. The Bertz CT molecular complexity index is 420. The molecule has 1 aliphatic rings. The predicted molar refractivity (Wildman–Crippen MR) is 86.4 cm³/mol. The van der Waals surface area contributed by atoms with E-state index in [0.717, 1.165) is 43.9 Å². The number of carbonyl (C=O) groups excluding carboxylic acids is 1. The van der Waals surface area contributed by atoms with Crippen LogP contribution in [0.4, 0.5) is 0 Å². The van der Waals surface area contributed by atoms with Gasteiger partial charge in [-0.15, -0.1) is 11.8 Å². The summed E-state index contributed by atoms with van der Waals surface area (Å²) in [6.45, 7) is 3.02. The van der Waals surface area contributed by atoms with Crippen LogP contribution >= 0.6 is 11.8 Å². The quantitative estimate of drug-likeness (QED) is 0.619. The molecule has 0 radical (unpaired) electrons. The number of nitrogens with zero attached hydrogens (tertiary/aromatic N) is 1. The molecule has 1 saturated heterocycles. The number of thioether (sulfide) groups is 1. The molecule has 0 bridgehead atoms. The van der Waals surface area contributed by atoms with Gasteiger partial charge in [-0.3, -0.25) is 4.79 Å². The molecule has 0 unspecified atom stereocenters. The lowest BCUT2D eigenvalue weighted by molar-refractivity contribution is -0.130. The van der Waals surface area contributed by atoms with Gasteiger partial charge >= 0.3 is 0 Å². The average molecular weight is 308 g/mol. The Labute approximate surface area is 131 Å². The molecule has 1 amide bonds. The Balaban J connectivity index is 1.66. The number of carbonyl (C=O) groups is 1. The van der Waals surface area contributed by atoms with Crippen LogP contribution in [0.3, 0.4) is 0 Å². The molecule has 1 aromatic rings. The molecule has 116 valence electrons. The number of ether oxygens (including phenoxy) is 1. The van der Waals surface area contributed by atoms with Crippen LogP contribution in [0.2, 0.25) is 0 Å². The predicted octanol–water partition coefficient (Wildman–Crippen LogP) is 2.14. The highest BCUT2D eigenvalue weighted by Gasteiger charge is 2.22. The number of amides is 1. The molecule has 0 aromatic heterocycles. The summed E-state index contributed by atoms with van der Waals surface area (Å²) < 4.78 is 5.76. The summed E-state index contributed by atoms with van der Waals surface area (Å²) in [5, 5.41) is 0. The van der Waals surface area contributed by atoms with Crippen molar-refractivity contribution in [2.75, 3.05) is 32.0 Å². The smallest absolute Gasteiger partial charge is 0.232 e. The van der Waals surface area contributed by atoms with E-state index in [1.807, 2.05) is 35.2 Å². The molecule has 1 fully saturated rings. The second kappa shape index (κ2) is 9.07. The van der Waals surface area contributed by atoms with Gasteiger partial charge in [-0.25, -0.2) is 0 Å². The van der Waals surface area contributed by atoms with Crippen molar-refractivity contribution < 1.29 is 9.53 Å². The Morgan fingerprint density at radius 2 is 2.00 bits per heavy atom.